The van der Waals surface area contributed by atoms with Crippen LogP contribution in [-0.2, 0) is 11.3 Å². The first-order valence-corrected chi connectivity index (χ1v) is 10.2. The molecule has 0 aliphatic carbocycles. The second-order valence-corrected chi connectivity index (χ2v) is 7.72. The molecule has 0 spiro atoms. The van der Waals surface area contributed by atoms with Gasteiger partial charge in [0.05, 0.1) is 18.9 Å². The van der Waals surface area contributed by atoms with Crippen molar-refractivity contribution in [2.24, 2.45) is 0 Å². The van der Waals surface area contributed by atoms with Crippen LogP contribution in [0, 0.1) is 6.92 Å². The molecular formula is C21H30N6O. The number of likely N-dealkylation sites (tertiary alicyclic amines) is 1. The minimum absolute atomic E-state index is 0.415. The van der Waals surface area contributed by atoms with Crippen LogP contribution >= 0.6 is 0 Å². The minimum Gasteiger partial charge on any atom is -0.378 e. The monoisotopic (exact) mass is 382 g/mol. The zero-order chi connectivity index (χ0) is 19.3. The molecule has 1 unspecified atom stereocenters. The molecule has 0 radical (unpaired) electrons. The molecular weight excluding hydrogens is 352 g/mol. The first-order chi connectivity index (χ1) is 13.7. The maximum Gasteiger partial charge on any atom is 0.227 e. The van der Waals surface area contributed by atoms with Gasteiger partial charge in [-0.25, -0.2) is 4.98 Å². The van der Waals surface area contributed by atoms with Crippen LogP contribution in [-0.4, -0.2) is 72.3 Å². The molecule has 0 saturated carbocycles. The Bertz CT molecular complexity index is 779. The topological polar surface area (TPSA) is 57.6 Å². The molecule has 0 aromatic carbocycles. The molecule has 150 valence electrons. The number of morpholine rings is 1. The molecule has 2 aliphatic heterocycles. The maximum absolute atomic E-state index is 5.46. The second kappa shape index (κ2) is 8.84. The van der Waals surface area contributed by atoms with E-state index in [-0.39, 0.29) is 0 Å². The van der Waals surface area contributed by atoms with Crippen LogP contribution in [0.15, 0.2) is 30.6 Å². The molecule has 2 aromatic rings. The van der Waals surface area contributed by atoms with Crippen molar-refractivity contribution in [3.63, 3.8) is 0 Å². The molecule has 0 N–H and O–H groups in total. The molecule has 7 nitrogen and oxygen atoms in total. The van der Waals surface area contributed by atoms with Crippen LogP contribution in [0.2, 0.25) is 0 Å². The normalized spacial score (nSPS) is 20.9. The van der Waals surface area contributed by atoms with E-state index in [9.17, 15) is 0 Å². The Hall–Kier alpha value is -2.25. The van der Waals surface area contributed by atoms with E-state index in [2.05, 4.69) is 44.7 Å². The molecule has 2 aromatic heterocycles. The summed E-state index contributed by atoms with van der Waals surface area (Å²) >= 11 is 0. The lowest BCUT2D eigenvalue weighted by atomic mass is 10.0. The summed E-state index contributed by atoms with van der Waals surface area (Å²) in [7, 11) is 2.12. The molecule has 0 bridgehead atoms. The summed E-state index contributed by atoms with van der Waals surface area (Å²) in [4.78, 5) is 21.0. The molecule has 2 saturated heterocycles. The summed E-state index contributed by atoms with van der Waals surface area (Å²) < 4.78 is 5.46. The van der Waals surface area contributed by atoms with Crippen molar-refractivity contribution >= 4 is 11.8 Å². The summed E-state index contributed by atoms with van der Waals surface area (Å²) in [5, 5.41) is 0. The van der Waals surface area contributed by atoms with Crippen LogP contribution in [0.3, 0.4) is 0 Å². The third-order valence-corrected chi connectivity index (χ3v) is 5.80. The highest BCUT2D eigenvalue weighted by Crippen LogP contribution is 2.22. The molecule has 28 heavy (non-hydrogen) atoms. The predicted octanol–water partition coefficient (Wildman–Crippen LogP) is 2.12. The molecule has 2 fully saturated rings. The van der Waals surface area contributed by atoms with E-state index in [4.69, 9.17) is 9.72 Å². The van der Waals surface area contributed by atoms with Crippen molar-refractivity contribution < 1.29 is 4.74 Å². The Morgan fingerprint density at radius 3 is 2.82 bits per heavy atom. The number of aryl methyl sites for hydroxylation is 1. The Kier molecular flexibility index (Phi) is 6.02. The predicted molar refractivity (Wildman–Crippen MR) is 111 cm³/mol. The summed E-state index contributed by atoms with van der Waals surface area (Å²) in [6.07, 6.45) is 6.12. The number of piperidine rings is 1. The quantitative estimate of drug-likeness (QED) is 0.785. The number of anilines is 2. The number of nitrogens with zero attached hydrogens (tertiary/aromatic N) is 6. The molecule has 0 amide bonds. The summed E-state index contributed by atoms with van der Waals surface area (Å²) in [6.45, 7) is 8.49. The Balaban J connectivity index is 1.42. The van der Waals surface area contributed by atoms with Gasteiger partial charge in [-0.2, -0.15) is 4.98 Å². The van der Waals surface area contributed by atoms with E-state index in [0.717, 1.165) is 57.7 Å². The van der Waals surface area contributed by atoms with Crippen LogP contribution in [0.4, 0.5) is 11.8 Å². The van der Waals surface area contributed by atoms with Crippen molar-refractivity contribution in [1.82, 2.24) is 19.9 Å². The zero-order valence-corrected chi connectivity index (χ0v) is 16.9. The van der Waals surface area contributed by atoms with Gasteiger partial charge in [-0.1, -0.05) is 6.07 Å². The number of aromatic nitrogens is 3. The molecule has 2 aliphatic rings. The fraction of sp³-hybridized carbons (Fsp3) is 0.571. The van der Waals surface area contributed by atoms with Crippen LogP contribution in [0.1, 0.15) is 24.1 Å². The van der Waals surface area contributed by atoms with Crippen LogP contribution in [0.25, 0.3) is 0 Å². The van der Waals surface area contributed by atoms with Gasteiger partial charge in [-0.15, -0.1) is 0 Å². The van der Waals surface area contributed by atoms with Gasteiger partial charge in [0.1, 0.15) is 5.82 Å². The van der Waals surface area contributed by atoms with Crippen molar-refractivity contribution in [2.45, 2.75) is 32.4 Å². The maximum atomic E-state index is 5.46. The first-order valence-electron chi connectivity index (χ1n) is 10.2. The van der Waals surface area contributed by atoms with Gasteiger partial charge in [0.25, 0.3) is 0 Å². The highest BCUT2D eigenvalue weighted by molar-refractivity contribution is 5.44. The fourth-order valence-electron chi connectivity index (χ4n) is 4.03. The number of likely N-dealkylation sites (N-methyl/N-ethyl adjacent to an activating group) is 1. The van der Waals surface area contributed by atoms with Gasteiger partial charge in [0.2, 0.25) is 5.95 Å². The van der Waals surface area contributed by atoms with Crippen molar-refractivity contribution in [2.75, 3.05) is 56.2 Å². The van der Waals surface area contributed by atoms with Gasteiger partial charge < -0.3 is 14.5 Å². The number of pyridine rings is 1. The number of hydrogen-bond acceptors (Lipinski definition) is 7. The van der Waals surface area contributed by atoms with Gasteiger partial charge >= 0.3 is 0 Å². The first kappa shape index (κ1) is 19.1. The summed E-state index contributed by atoms with van der Waals surface area (Å²) in [6, 6.07) is 6.56. The number of ether oxygens (including phenoxy) is 1. The van der Waals surface area contributed by atoms with Gasteiger partial charge in [-0.3, -0.25) is 9.88 Å². The Morgan fingerprint density at radius 1 is 1.14 bits per heavy atom. The fourth-order valence-corrected chi connectivity index (χ4v) is 4.03. The van der Waals surface area contributed by atoms with Crippen LogP contribution in [0.5, 0.6) is 0 Å². The smallest absolute Gasteiger partial charge is 0.227 e. The van der Waals surface area contributed by atoms with Gasteiger partial charge in [-0.05, 0) is 44.0 Å². The highest BCUT2D eigenvalue weighted by Gasteiger charge is 2.26. The lowest BCUT2D eigenvalue weighted by Crippen LogP contribution is -2.47. The minimum atomic E-state index is 0.415. The average molecular weight is 383 g/mol. The molecule has 4 rings (SSSR count). The van der Waals surface area contributed by atoms with E-state index in [1.165, 1.54) is 24.1 Å². The van der Waals surface area contributed by atoms with Crippen molar-refractivity contribution in [3.8, 4) is 0 Å². The summed E-state index contributed by atoms with van der Waals surface area (Å²) in [5.41, 5.74) is 2.44. The Morgan fingerprint density at radius 2 is 2.00 bits per heavy atom. The standard InChI is InChI=1S/C21H30N6O/c1-17-5-3-8-22-19(17)16-26-10-4-6-18(15-26)25(2)21-23-9-7-20(24-21)27-11-13-28-14-12-27/h3,5,7-9,18H,4,6,10-16H2,1-2H3. The average Bonchev–Trinajstić information content (AvgIpc) is 2.76. The van der Waals surface area contributed by atoms with E-state index < -0.39 is 0 Å². The Labute approximate surface area is 167 Å². The number of rotatable bonds is 5. The van der Waals surface area contributed by atoms with Gasteiger partial charge in [0.15, 0.2) is 0 Å². The number of hydrogen-bond donors (Lipinski definition) is 0. The van der Waals surface area contributed by atoms with Crippen molar-refractivity contribution in [1.29, 1.82) is 0 Å². The third kappa shape index (κ3) is 4.42. The van der Waals surface area contributed by atoms with Crippen molar-refractivity contribution in [3.05, 3.63) is 41.9 Å². The van der Waals surface area contributed by atoms with E-state index in [1.807, 2.05) is 24.5 Å². The third-order valence-electron chi connectivity index (χ3n) is 5.80. The zero-order valence-electron chi connectivity index (χ0n) is 16.9. The lowest BCUT2D eigenvalue weighted by molar-refractivity contribution is 0.122. The molecule has 4 heterocycles. The van der Waals surface area contributed by atoms with E-state index in [0.29, 0.717) is 6.04 Å². The second-order valence-electron chi connectivity index (χ2n) is 7.72. The van der Waals surface area contributed by atoms with E-state index >= 15 is 0 Å². The molecule has 7 heteroatoms. The summed E-state index contributed by atoms with van der Waals surface area (Å²) in [5.74, 6) is 1.81. The largest absolute Gasteiger partial charge is 0.378 e. The lowest BCUT2D eigenvalue weighted by Gasteiger charge is -2.38. The van der Waals surface area contributed by atoms with Crippen LogP contribution < -0.4 is 9.80 Å². The SMILES string of the molecule is Cc1cccnc1CN1CCCC(N(C)c2nccc(N3CCOCC3)n2)C1. The van der Waals surface area contributed by atoms with Gasteiger partial charge in [0, 0.05) is 51.7 Å². The molecule has 1 atom stereocenters. The van der Waals surface area contributed by atoms with E-state index in [1.54, 1.807) is 0 Å². The highest BCUT2D eigenvalue weighted by atomic mass is 16.5.